The molecule has 0 aliphatic heterocycles. The Morgan fingerprint density at radius 1 is 1.24 bits per heavy atom. The highest BCUT2D eigenvalue weighted by molar-refractivity contribution is 7.98. The van der Waals surface area contributed by atoms with E-state index < -0.39 is 5.97 Å². The largest absolute Gasteiger partial charge is 0.480 e. The topological polar surface area (TPSA) is 49.3 Å². The molecule has 0 aliphatic rings. The molecular weight excluding hydrogens is 234 g/mol. The van der Waals surface area contributed by atoms with E-state index in [1.165, 1.54) is 32.1 Å². The number of nitrogens with one attached hydrogen (secondary N) is 1. The summed E-state index contributed by atoms with van der Waals surface area (Å²) in [6.07, 6.45) is 10.2. The van der Waals surface area contributed by atoms with Crippen LogP contribution in [0.4, 0.5) is 0 Å². The van der Waals surface area contributed by atoms with Gasteiger partial charge in [-0.25, -0.2) is 0 Å². The zero-order valence-electron chi connectivity index (χ0n) is 11.2. The summed E-state index contributed by atoms with van der Waals surface area (Å²) in [5.41, 5.74) is 0. The maximum atomic E-state index is 10.9. The van der Waals surface area contributed by atoms with Gasteiger partial charge in [-0.05, 0) is 31.4 Å². The zero-order chi connectivity index (χ0) is 12.9. The summed E-state index contributed by atoms with van der Waals surface area (Å²) in [6.45, 7) is 3.04. The second kappa shape index (κ2) is 12.2. The Morgan fingerprint density at radius 3 is 2.47 bits per heavy atom. The van der Waals surface area contributed by atoms with Gasteiger partial charge >= 0.3 is 5.97 Å². The first kappa shape index (κ1) is 16.8. The molecular formula is C13H27NO2S. The Bertz CT molecular complexity index is 188. The second-order valence-electron chi connectivity index (χ2n) is 4.39. The number of carboxylic acids is 1. The van der Waals surface area contributed by atoms with Crippen LogP contribution in [0.3, 0.4) is 0 Å². The summed E-state index contributed by atoms with van der Waals surface area (Å²) in [4.78, 5) is 10.9. The van der Waals surface area contributed by atoms with E-state index in [1.54, 1.807) is 11.8 Å². The molecule has 4 heteroatoms. The summed E-state index contributed by atoms with van der Waals surface area (Å²) in [7, 11) is 0. The first-order valence-corrected chi connectivity index (χ1v) is 8.06. The number of carboxylic acid groups (broad SMARTS) is 1. The molecule has 0 saturated heterocycles. The molecule has 0 amide bonds. The molecule has 0 aromatic rings. The van der Waals surface area contributed by atoms with Crippen LogP contribution >= 0.6 is 11.8 Å². The molecule has 3 nitrogen and oxygen atoms in total. The molecule has 0 aliphatic carbocycles. The van der Waals surface area contributed by atoms with Gasteiger partial charge in [0.05, 0.1) is 0 Å². The second-order valence-corrected chi connectivity index (χ2v) is 5.38. The molecule has 0 saturated carbocycles. The van der Waals surface area contributed by atoms with Crippen LogP contribution in [-0.2, 0) is 4.79 Å². The van der Waals surface area contributed by atoms with Crippen molar-refractivity contribution >= 4 is 17.7 Å². The summed E-state index contributed by atoms with van der Waals surface area (Å²) in [5.74, 6) is 0.186. The standard InChI is InChI=1S/C13H27NO2S/c1-3-4-5-6-7-8-10-14-12(13(15)16)9-11-17-2/h12,14H,3-11H2,1-2H3,(H,15,16)/t12-/m0/s1. The quantitative estimate of drug-likeness (QED) is 0.530. The lowest BCUT2D eigenvalue weighted by atomic mass is 10.1. The Labute approximate surface area is 110 Å². The van der Waals surface area contributed by atoms with Crippen LogP contribution in [0.2, 0.25) is 0 Å². The van der Waals surface area contributed by atoms with E-state index in [-0.39, 0.29) is 6.04 Å². The van der Waals surface area contributed by atoms with E-state index in [9.17, 15) is 4.79 Å². The summed E-state index contributed by atoms with van der Waals surface area (Å²) in [6, 6.07) is -0.363. The molecule has 0 spiro atoms. The van der Waals surface area contributed by atoms with Crippen molar-refractivity contribution in [2.75, 3.05) is 18.6 Å². The van der Waals surface area contributed by atoms with Gasteiger partial charge in [-0.15, -0.1) is 0 Å². The lowest BCUT2D eigenvalue weighted by Crippen LogP contribution is -2.37. The molecule has 0 fully saturated rings. The number of aliphatic carboxylic acids is 1. The summed E-state index contributed by atoms with van der Waals surface area (Å²) in [5, 5.41) is 12.1. The first-order chi connectivity index (χ1) is 8.22. The van der Waals surface area contributed by atoms with E-state index in [0.29, 0.717) is 6.42 Å². The van der Waals surface area contributed by atoms with Crippen molar-refractivity contribution < 1.29 is 9.90 Å². The minimum atomic E-state index is -0.718. The van der Waals surface area contributed by atoms with Gasteiger partial charge in [0.15, 0.2) is 0 Å². The number of thioether (sulfide) groups is 1. The predicted molar refractivity (Wildman–Crippen MR) is 75.8 cm³/mol. The van der Waals surface area contributed by atoms with Crippen molar-refractivity contribution in [3.8, 4) is 0 Å². The third-order valence-corrected chi connectivity index (χ3v) is 3.47. The number of hydrogen-bond acceptors (Lipinski definition) is 3. The molecule has 2 N–H and O–H groups in total. The fourth-order valence-corrected chi connectivity index (χ4v) is 2.20. The van der Waals surface area contributed by atoms with Gasteiger partial charge in [-0.3, -0.25) is 4.79 Å². The summed E-state index contributed by atoms with van der Waals surface area (Å²) >= 11 is 1.70. The highest BCUT2D eigenvalue weighted by Crippen LogP contribution is 2.05. The molecule has 0 heterocycles. The van der Waals surface area contributed by atoms with Crippen LogP contribution in [0.5, 0.6) is 0 Å². The SMILES string of the molecule is CCCCCCCCN[C@@H](CCSC)C(=O)O. The van der Waals surface area contributed by atoms with E-state index >= 15 is 0 Å². The van der Waals surface area contributed by atoms with Gasteiger partial charge in [-0.2, -0.15) is 11.8 Å². The van der Waals surface area contributed by atoms with Crippen LogP contribution in [0.25, 0.3) is 0 Å². The van der Waals surface area contributed by atoms with Crippen molar-refractivity contribution in [2.24, 2.45) is 0 Å². The van der Waals surface area contributed by atoms with Crippen molar-refractivity contribution in [1.29, 1.82) is 0 Å². The average Bonchev–Trinajstić information content (AvgIpc) is 2.31. The van der Waals surface area contributed by atoms with E-state index in [1.807, 2.05) is 6.26 Å². The van der Waals surface area contributed by atoms with E-state index in [2.05, 4.69) is 12.2 Å². The fourth-order valence-electron chi connectivity index (χ4n) is 1.73. The molecule has 0 aromatic carbocycles. The maximum absolute atomic E-state index is 10.9. The van der Waals surface area contributed by atoms with Crippen LogP contribution in [0.1, 0.15) is 51.9 Å². The number of unbranched alkanes of at least 4 members (excludes halogenated alkanes) is 5. The minimum Gasteiger partial charge on any atom is -0.480 e. The Morgan fingerprint density at radius 2 is 1.88 bits per heavy atom. The van der Waals surface area contributed by atoms with Gasteiger partial charge in [0, 0.05) is 0 Å². The molecule has 0 unspecified atom stereocenters. The van der Waals surface area contributed by atoms with Crippen LogP contribution in [-0.4, -0.2) is 35.7 Å². The van der Waals surface area contributed by atoms with Crippen LogP contribution < -0.4 is 5.32 Å². The van der Waals surface area contributed by atoms with Crippen LogP contribution in [0, 0.1) is 0 Å². The molecule has 102 valence electrons. The predicted octanol–water partition coefficient (Wildman–Crippen LogP) is 3.14. The van der Waals surface area contributed by atoms with E-state index in [4.69, 9.17) is 5.11 Å². The number of carbonyl (C=O) groups is 1. The third kappa shape index (κ3) is 10.6. The van der Waals surface area contributed by atoms with Gasteiger partial charge in [0.2, 0.25) is 0 Å². The normalized spacial score (nSPS) is 12.6. The van der Waals surface area contributed by atoms with Crippen molar-refractivity contribution in [3.63, 3.8) is 0 Å². The molecule has 0 bridgehead atoms. The molecule has 0 rings (SSSR count). The molecule has 1 atom stereocenters. The first-order valence-electron chi connectivity index (χ1n) is 6.67. The van der Waals surface area contributed by atoms with Crippen molar-refractivity contribution in [1.82, 2.24) is 5.32 Å². The van der Waals surface area contributed by atoms with Crippen molar-refractivity contribution in [3.05, 3.63) is 0 Å². The highest BCUT2D eigenvalue weighted by Gasteiger charge is 2.15. The van der Waals surface area contributed by atoms with Crippen LogP contribution in [0.15, 0.2) is 0 Å². The highest BCUT2D eigenvalue weighted by atomic mass is 32.2. The zero-order valence-corrected chi connectivity index (χ0v) is 12.0. The Hall–Kier alpha value is -0.220. The summed E-state index contributed by atoms with van der Waals surface area (Å²) < 4.78 is 0. The Balaban J connectivity index is 3.44. The smallest absolute Gasteiger partial charge is 0.320 e. The lowest BCUT2D eigenvalue weighted by molar-refractivity contribution is -0.139. The minimum absolute atomic E-state index is 0.363. The fraction of sp³-hybridized carbons (Fsp3) is 0.923. The van der Waals surface area contributed by atoms with Gasteiger partial charge in [0.1, 0.15) is 6.04 Å². The monoisotopic (exact) mass is 261 g/mol. The molecule has 0 aromatic heterocycles. The van der Waals surface area contributed by atoms with Crippen molar-refractivity contribution in [2.45, 2.75) is 57.9 Å². The third-order valence-electron chi connectivity index (χ3n) is 2.83. The molecule has 0 radical (unpaired) electrons. The lowest BCUT2D eigenvalue weighted by Gasteiger charge is -2.13. The number of rotatable bonds is 12. The van der Waals surface area contributed by atoms with Gasteiger partial charge in [-0.1, -0.05) is 39.0 Å². The van der Waals surface area contributed by atoms with E-state index in [0.717, 1.165) is 18.7 Å². The van der Waals surface area contributed by atoms with Gasteiger partial charge in [0.25, 0.3) is 0 Å². The number of hydrogen-bond donors (Lipinski definition) is 2. The maximum Gasteiger partial charge on any atom is 0.320 e. The Kier molecular flexibility index (Phi) is 12.1. The molecule has 17 heavy (non-hydrogen) atoms. The van der Waals surface area contributed by atoms with Gasteiger partial charge < -0.3 is 10.4 Å². The average molecular weight is 261 g/mol.